The lowest BCUT2D eigenvalue weighted by molar-refractivity contribution is 0.0954. The van der Waals surface area contributed by atoms with E-state index in [1.54, 1.807) is 0 Å². The van der Waals surface area contributed by atoms with Gasteiger partial charge in [-0.1, -0.05) is 19.1 Å². The van der Waals surface area contributed by atoms with Crippen LogP contribution in [0.5, 0.6) is 5.75 Å². The van der Waals surface area contributed by atoms with E-state index in [-0.39, 0.29) is 5.91 Å². The molecule has 1 aliphatic heterocycles. The van der Waals surface area contributed by atoms with Crippen molar-refractivity contribution in [2.24, 2.45) is 0 Å². The van der Waals surface area contributed by atoms with Crippen LogP contribution in [-0.4, -0.2) is 32.1 Å². The fraction of sp³-hybridized carbons (Fsp3) is 0.435. The van der Waals surface area contributed by atoms with Crippen molar-refractivity contribution in [3.8, 4) is 5.75 Å². The smallest absolute Gasteiger partial charge is 0.251 e. The quantitative estimate of drug-likeness (QED) is 0.760. The Morgan fingerprint density at radius 3 is 2.70 bits per heavy atom. The van der Waals surface area contributed by atoms with E-state index < -0.39 is 0 Å². The van der Waals surface area contributed by atoms with Crippen molar-refractivity contribution in [1.29, 1.82) is 0 Å². The highest BCUT2D eigenvalue weighted by Crippen LogP contribution is 2.28. The molecule has 2 aromatic rings. The standard InChI is InChI=1S/C23H30N2O2/c1-3-15-25-16-5-6-20-17-18(7-12-22(20)25)13-14-24-23(26)19-8-10-21(11-9-19)27-4-2/h7-12,17H,3-6,13-16H2,1-2H3,(H,24,26). The van der Waals surface area contributed by atoms with Crippen molar-refractivity contribution in [1.82, 2.24) is 5.32 Å². The molecule has 1 heterocycles. The minimum absolute atomic E-state index is 0.0369. The highest BCUT2D eigenvalue weighted by atomic mass is 16.5. The largest absolute Gasteiger partial charge is 0.494 e. The number of nitrogens with zero attached hydrogens (tertiary/aromatic N) is 1. The number of nitrogens with one attached hydrogen (secondary N) is 1. The minimum atomic E-state index is -0.0369. The van der Waals surface area contributed by atoms with Gasteiger partial charge in [-0.3, -0.25) is 4.79 Å². The van der Waals surface area contributed by atoms with E-state index in [2.05, 4.69) is 35.3 Å². The molecule has 0 spiro atoms. The summed E-state index contributed by atoms with van der Waals surface area (Å²) < 4.78 is 5.41. The predicted octanol–water partition coefficient (Wildman–Crippen LogP) is 4.22. The van der Waals surface area contributed by atoms with Gasteiger partial charge in [-0.15, -0.1) is 0 Å². The number of aryl methyl sites for hydroxylation is 1. The maximum absolute atomic E-state index is 12.3. The Morgan fingerprint density at radius 2 is 1.96 bits per heavy atom. The van der Waals surface area contributed by atoms with Crippen molar-refractivity contribution in [3.63, 3.8) is 0 Å². The predicted molar refractivity (Wildman–Crippen MR) is 111 cm³/mol. The molecule has 0 unspecified atom stereocenters. The molecular formula is C23H30N2O2. The van der Waals surface area contributed by atoms with Crippen molar-refractivity contribution >= 4 is 11.6 Å². The first-order chi connectivity index (χ1) is 13.2. The third kappa shape index (κ3) is 5.03. The number of hydrogen-bond donors (Lipinski definition) is 1. The molecule has 0 bridgehead atoms. The van der Waals surface area contributed by atoms with Crippen molar-refractivity contribution in [3.05, 3.63) is 59.2 Å². The maximum atomic E-state index is 12.3. The molecule has 0 fully saturated rings. The van der Waals surface area contributed by atoms with Crippen LogP contribution in [0.1, 0.15) is 48.2 Å². The molecule has 144 valence electrons. The summed E-state index contributed by atoms with van der Waals surface area (Å²) in [5.74, 6) is 0.755. The molecule has 0 radical (unpaired) electrons. The number of benzene rings is 2. The van der Waals surface area contributed by atoms with Gasteiger partial charge < -0.3 is 15.0 Å². The molecule has 4 heteroatoms. The van der Waals surface area contributed by atoms with Gasteiger partial charge in [0.2, 0.25) is 0 Å². The topological polar surface area (TPSA) is 41.6 Å². The maximum Gasteiger partial charge on any atom is 0.251 e. The van der Waals surface area contributed by atoms with E-state index >= 15 is 0 Å². The Hall–Kier alpha value is -2.49. The van der Waals surface area contributed by atoms with E-state index in [1.165, 1.54) is 36.2 Å². The highest BCUT2D eigenvalue weighted by molar-refractivity contribution is 5.94. The Bertz CT molecular complexity index is 755. The second-order valence-electron chi connectivity index (χ2n) is 7.02. The van der Waals surface area contributed by atoms with E-state index in [0.29, 0.717) is 18.7 Å². The van der Waals surface area contributed by atoms with Crippen molar-refractivity contribution in [2.75, 3.05) is 31.1 Å². The summed E-state index contributed by atoms with van der Waals surface area (Å²) in [4.78, 5) is 14.8. The molecule has 1 amide bonds. The van der Waals surface area contributed by atoms with E-state index in [0.717, 1.165) is 25.1 Å². The number of anilines is 1. The molecule has 27 heavy (non-hydrogen) atoms. The fourth-order valence-electron chi connectivity index (χ4n) is 3.68. The second-order valence-corrected chi connectivity index (χ2v) is 7.02. The van der Waals surface area contributed by atoms with Gasteiger partial charge in [0.25, 0.3) is 5.91 Å². The van der Waals surface area contributed by atoms with Gasteiger partial charge in [0, 0.05) is 30.9 Å². The summed E-state index contributed by atoms with van der Waals surface area (Å²) >= 11 is 0. The van der Waals surface area contributed by atoms with Crippen LogP contribution >= 0.6 is 0 Å². The van der Waals surface area contributed by atoms with Crippen LogP contribution in [0.4, 0.5) is 5.69 Å². The molecule has 0 atom stereocenters. The molecular weight excluding hydrogens is 336 g/mol. The average Bonchev–Trinajstić information content (AvgIpc) is 2.69. The monoisotopic (exact) mass is 366 g/mol. The number of hydrogen-bond acceptors (Lipinski definition) is 3. The molecule has 0 saturated carbocycles. The average molecular weight is 367 g/mol. The molecule has 2 aromatic carbocycles. The zero-order chi connectivity index (χ0) is 19.1. The number of fused-ring (bicyclic) bond motifs is 1. The second kappa shape index (κ2) is 9.45. The van der Waals surface area contributed by atoms with Gasteiger partial charge in [-0.2, -0.15) is 0 Å². The zero-order valence-corrected chi connectivity index (χ0v) is 16.5. The minimum Gasteiger partial charge on any atom is -0.494 e. The normalized spacial score (nSPS) is 13.2. The zero-order valence-electron chi connectivity index (χ0n) is 16.5. The number of rotatable bonds is 8. The van der Waals surface area contributed by atoms with Crippen LogP contribution in [0.2, 0.25) is 0 Å². The van der Waals surface area contributed by atoms with E-state index in [1.807, 2.05) is 31.2 Å². The third-order valence-electron chi connectivity index (χ3n) is 4.98. The van der Waals surface area contributed by atoms with Gasteiger partial charge >= 0.3 is 0 Å². The number of ether oxygens (including phenoxy) is 1. The summed E-state index contributed by atoms with van der Waals surface area (Å²) in [6.07, 6.45) is 4.41. The first-order valence-corrected chi connectivity index (χ1v) is 10.1. The van der Waals surface area contributed by atoms with Gasteiger partial charge in [0.05, 0.1) is 6.61 Å². The lowest BCUT2D eigenvalue weighted by atomic mass is 9.98. The molecule has 0 aliphatic carbocycles. The van der Waals surface area contributed by atoms with Crippen LogP contribution in [0.3, 0.4) is 0 Å². The van der Waals surface area contributed by atoms with Gasteiger partial charge in [0.1, 0.15) is 5.75 Å². The molecule has 3 rings (SSSR count). The van der Waals surface area contributed by atoms with Crippen LogP contribution < -0.4 is 15.0 Å². The van der Waals surface area contributed by atoms with Crippen LogP contribution in [0, 0.1) is 0 Å². The van der Waals surface area contributed by atoms with Crippen molar-refractivity contribution < 1.29 is 9.53 Å². The van der Waals surface area contributed by atoms with E-state index in [9.17, 15) is 4.79 Å². The number of carbonyl (C=O) groups excluding carboxylic acids is 1. The summed E-state index contributed by atoms with van der Waals surface area (Å²) in [6, 6.07) is 14.1. The Labute approximate surface area is 162 Å². The summed E-state index contributed by atoms with van der Waals surface area (Å²) in [6.45, 7) is 7.74. The third-order valence-corrected chi connectivity index (χ3v) is 4.98. The SMILES string of the molecule is CCCN1CCCc2cc(CCNC(=O)c3ccc(OCC)cc3)ccc21. The summed E-state index contributed by atoms with van der Waals surface area (Å²) in [7, 11) is 0. The van der Waals surface area contributed by atoms with Crippen LogP contribution in [0.15, 0.2) is 42.5 Å². The molecule has 0 saturated heterocycles. The number of carbonyl (C=O) groups is 1. The summed E-state index contributed by atoms with van der Waals surface area (Å²) in [5.41, 5.74) is 4.80. The molecule has 1 N–H and O–H groups in total. The Balaban J connectivity index is 1.53. The first kappa shape index (κ1) is 19.3. The van der Waals surface area contributed by atoms with Crippen LogP contribution in [0.25, 0.3) is 0 Å². The highest BCUT2D eigenvalue weighted by Gasteiger charge is 2.16. The number of amides is 1. The first-order valence-electron chi connectivity index (χ1n) is 10.1. The summed E-state index contributed by atoms with van der Waals surface area (Å²) in [5, 5.41) is 3.02. The van der Waals surface area contributed by atoms with Crippen LogP contribution in [-0.2, 0) is 12.8 Å². The Morgan fingerprint density at radius 1 is 1.15 bits per heavy atom. The van der Waals surface area contributed by atoms with Gasteiger partial charge in [0.15, 0.2) is 0 Å². The van der Waals surface area contributed by atoms with Gasteiger partial charge in [-0.25, -0.2) is 0 Å². The lowest BCUT2D eigenvalue weighted by Gasteiger charge is -2.31. The molecule has 0 aromatic heterocycles. The molecule has 4 nitrogen and oxygen atoms in total. The molecule has 1 aliphatic rings. The lowest BCUT2D eigenvalue weighted by Crippen LogP contribution is -2.30. The van der Waals surface area contributed by atoms with E-state index in [4.69, 9.17) is 4.74 Å². The Kier molecular flexibility index (Phi) is 6.74. The fourth-order valence-corrected chi connectivity index (χ4v) is 3.68. The van der Waals surface area contributed by atoms with Crippen molar-refractivity contribution in [2.45, 2.75) is 39.5 Å². The van der Waals surface area contributed by atoms with Gasteiger partial charge in [-0.05, 0) is 74.1 Å².